The van der Waals surface area contributed by atoms with Crippen LogP contribution in [0.1, 0.15) is 25.7 Å². The Morgan fingerprint density at radius 2 is 2.21 bits per heavy atom. The van der Waals surface area contributed by atoms with E-state index in [0.29, 0.717) is 12.0 Å². The second kappa shape index (κ2) is 4.60. The molecule has 0 aromatic rings. The molecule has 2 atom stereocenters. The van der Waals surface area contributed by atoms with Crippen LogP contribution in [0.25, 0.3) is 0 Å². The molecule has 3 heteroatoms. The van der Waals surface area contributed by atoms with Crippen molar-refractivity contribution in [1.29, 1.82) is 0 Å². The van der Waals surface area contributed by atoms with Crippen LogP contribution in [0.3, 0.4) is 0 Å². The van der Waals surface area contributed by atoms with Gasteiger partial charge in [-0.2, -0.15) is 0 Å². The van der Waals surface area contributed by atoms with Gasteiger partial charge in [-0.05, 0) is 38.8 Å². The van der Waals surface area contributed by atoms with Gasteiger partial charge in [0.1, 0.15) is 0 Å². The zero-order valence-electron chi connectivity index (χ0n) is 9.21. The predicted octanol–water partition coefficient (Wildman–Crippen LogP) is 0.408. The third-order valence-electron chi connectivity index (χ3n) is 3.78. The van der Waals surface area contributed by atoms with Crippen molar-refractivity contribution in [2.45, 2.75) is 37.8 Å². The highest BCUT2D eigenvalue weighted by Crippen LogP contribution is 2.20. The fourth-order valence-corrected chi connectivity index (χ4v) is 2.40. The summed E-state index contributed by atoms with van der Waals surface area (Å²) in [5.41, 5.74) is 6.18. The molecule has 14 heavy (non-hydrogen) atoms. The Morgan fingerprint density at radius 1 is 1.43 bits per heavy atom. The summed E-state index contributed by atoms with van der Waals surface area (Å²) in [5, 5.41) is 3.57. The Bertz CT molecular complexity index is 179. The van der Waals surface area contributed by atoms with Gasteiger partial charge in [-0.1, -0.05) is 6.42 Å². The molecule has 1 saturated heterocycles. The molecule has 1 saturated carbocycles. The lowest BCUT2D eigenvalue weighted by Crippen LogP contribution is -2.46. The van der Waals surface area contributed by atoms with E-state index >= 15 is 0 Å². The first-order valence-corrected chi connectivity index (χ1v) is 5.93. The van der Waals surface area contributed by atoms with E-state index in [1.54, 1.807) is 0 Å². The van der Waals surface area contributed by atoms with Gasteiger partial charge in [0.05, 0.1) is 0 Å². The Labute approximate surface area is 87.0 Å². The summed E-state index contributed by atoms with van der Waals surface area (Å²) in [7, 11) is 2.19. The van der Waals surface area contributed by atoms with E-state index in [2.05, 4.69) is 17.3 Å². The van der Waals surface area contributed by atoms with Crippen LogP contribution < -0.4 is 11.1 Å². The van der Waals surface area contributed by atoms with E-state index in [1.807, 2.05) is 0 Å². The first-order chi connectivity index (χ1) is 6.75. The molecule has 0 aromatic carbocycles. The lowest BCUT2D eigenvalue weighted by atomic mass is 9.92. The molecule has 0 bridgehead atoms. The van der Waals surface area contributed by atoms with Gasteiger partial charge in [0.25, 0.3) is 0 Å². The maximum atomic E-state index is 6.18. The second-order valence-electron chi connectivity index (χ2n) is 5.01. The first-order valence-electron chi connectivity index (χ1n) is 5.93. The number of nitrogens with one attached hydrogen (secondary N) is 1. The molecule has 0 radical (unpaired) electrons. The van der Waals surface area contributed by atoms with Crippen LogP contribution >= 0.6 is 0 Å². The largest absolute Gasteiger partial charge is 0.326 e. The number of hydrogen-bond acceptors (Lipinski definition) is 3. The minimum atomic E-state index is 0.362. The Hall–Kier alpha value is -0.120. The highest BCUT2D eigenvalue weighted by atomic mass is 15.1. The lowest BCUT2D eigenvalue weighted by molar-refractivity contribution is 0.305. The molecule has 2 rings (SSSR count). The topological polar surface area (TPSA) is 41.3 Å². The molecular formula is C11H23N3. The SMILES string of the molecule is CN1CCC(C(N)CNC2CCC2)C1. The molecule has 1 aliphatic carbocycles. The van der Waals surface area contributed by atoms with Crippen molar-refractivity contribution in [3.63, 3.8) is 0 Å². The van der Waals surface area contributed by atoms with Crippen molar-refractivity contribution < 1.29 is 0 Å². The summed E-state index contributed by atoms with van der Waals surface area (Å²) in [5.74, 6) is 0.715. The summed E-state index contributed by atoms with van der Waals surface area (Å²) in [6.45, 7) is 3.43. The molecule has 3 nitrogen and oxygen atoms in total. The number of likely N-dealkylation sites (tertiary alicyclic amines) is 1. The maximum absolute atomic E-state index is 6.18. The van der Waals surface area contributed by atoms with Gasteiger partial charge in [-0.15, -0.1) is 0 Å². The fourth-order valence-electron chi connectivity index (χ4n) is 2.40. The van der Waals surface area contributed by atoms with Crippen molar-refractivity contribution in [1.82, 2.24) is 10.2 Å². The normalized spacial score (nSPS) is 31.7. The number of nitrogens with zero attached hydrogens (tertiary/aromatic N) is 1. The van der Waals surface area contributed by atoms with Crippen molar-refractivity contribution in [3.05, 3.63) is 0 Å². The molecule has 2 unspecified atom stereocenters. The van der Waals surface area contributed by atoms with Crippen molar-refractivity contribution in [3.8, 4) is 0 Å². The van der Waals surface area contributed by atoms with E-state index in [4.69, 9.17) is 5.73 Å². The second-order valence-corrected chi connectivity index (χ2v) is 5.01. The molecule has 0 amide bonds. The molecule has 0 spiro atoms. The van der Waals surface area contributed by atoms with Crippen LogP contribution in [0.4, 0.5) is 0 Å². The number of rotatable bonds is 4. The Morgan fingerprint density at radius 3 is 2.71 bits per heavy atom. The van der Waals surface area contributed by atoms with Gasteiger partial charge >= 0.3 is 0 Å². The molecule has 3 N–H and O–H groups in total. The maximum Gasteiger partial charge on any atom is 0.0206 e. The summed E-state index contributed by atoms with van der Waals surface area (Å²) in [4.78, 5) is 2.38. The fraction of sp³-hybridized carbons (Fsp3) is 1.00. The highest BCUT2D eigenvalue weighted by molar-refractivity contribution is 4.85. The predicted molar refractivity (Wildman–Crippen MR) is 59.2 cm³/mol. The van der Waals surface area contributed by atoms with Crippen LogP contribution in [0.2, 0.25) is 0 Å². The zero-order valence-corrected chi connectivity index (χ0v) is 9.21. The summed E-state index contributed by atoms with van der Waals surface area (Å²) < 4.78 is 0. The van der Waals surface area contributed by atoms with E-state index in [9.17, 15) is 0 Å². The third-order valence-corrected chi connectivity index (χ3v) is 3.78. The first kappa shape index (κ1) is 10.4. The minimum Gasteiger partial charge on any atom is -0.326 e. The Kier molecular flexibility index (Phi) is 3.42. The molecule has 1 heterocycles. The molecule has 0 aromatic heterocycles. The van der Waals surface area contributed by atoms with Crippen molar-refractivity contribution >= 4 is 0 Å². The van der Waals surface area contributed by atoms with Crippen LogP contribution in [-0.4, -0.2) is 43.7 Å². The smallest absolute Gasteiger partial charge is 0.0206 e. The van der Waals surface area contributed by atoms with Gasteiger partial charge < -0.3 is 16.0 Å². The van der Waals surface area contributed by atoms with Crippen LogP contribution in [0, 0.1) is 5.92 Å². The number of hydrogen-bond donors (Lipinski definition) is 2. The average molecular weight is 197 g/mol. The quantitative estimate of drug-likeness (QED) is 0.686. The van der Waals surface area contributed by atoms with Crippen LogP contribution in [0.5, 0.6) is 0 Å². The summed E-state index contributed by atoms with van der Waals surface area (Å²) in [6.07, 6.45) is 5.40. The Balaban J connectivity index is 1.64. The minimum absolute atomic E-state index is 0.362. The van der Waals surface area contributed by atoms with Crippen LogP contribution in [0.15, 0.2) is 0 Å². The van der Waals surface area contributed by atoms with Gasteiger partial charge in [-0.25, -0.2) is 0 Å². The van der Waals surface area contributed by atoms with Crippen molar-refractivity contribution in [2.75, 3.05) is 26.7 Å². The number of nitrogens with two attached hydrogens (primary N) is 1. The molecular weight excluding hydrogens is 174 g/mol. The van der Waals surface area contributed by atoms with Crippen LogP contribution in [-0.2, 0) is 0 Å². The van der Waals surface area contributed by atoms with Gasteiger partial charge in [-0.3, -0.25) is 0 Å². The summed E-state index contributed by atoms with van der Waals surface area (Å²) in [6, 6.07) is 1.14. The standard InChI is InChI=1S/C11H23N3/c1-14-6-5-9(8-14)11(12)7-13-10-3-2-4-10/h9-11,13H,2-8,12H2,1H3. The average Bonchev–Trinajstić information content (AvgIpc) is 2.49. The molecule has 2 aliphatic rings. The highest BCUT2D eigenvalue weighted by Gasteiger charge is 2.26. The molecule has 82 valence electrons. The molecule has 1 aliphatic heterocycles. The summed E-state index contributed by atoms with van der Waals surface area (Å²) >= 11 is 0. The third kappa shape index (κ3) is 2.47. The van der Waals surface area contributed by atoms with Crippen molar-refractivity contribution in [2.24, 2.45) is 11.7 Å². The van der Waals surface area contributed by atoms with Gasteiger partial charge in [0.2, 0.25) is 0 Å². The lowest BCUT2D eigenvalue weighted by Gasteiger charge is -2.29. The van der Waals surface area contributed by atoms with Gasteiger partial charge in [0.15, 0.2) is 0 Å². The van der Waals surface area contributed by atoms with E-state index in [-0.39, 0.29) is 0 Å². The monoisotopic (exact) mass is 197 g/mol. The van der Waals surface area contributed by atoms with E-state index in [0.717, 1.165) is 12.6 Å². The van der Waals surface area contributed by atoms with E-state index < -0.39 is 0 Å². The van der Waals surface area contributed by atoms with E-state index in [1.165, 1.54) is 38.8 Å². The zero-order chi connectivity index (χ0) is 9.97. The molecule has 2 fully saturated rings. The van der Waals surface area contributed by atoms with Gasteiger partial charge in [0, 0.05) is 25.2 Å².